The van der Waals surface area contributed by atoms with E-state index in [0.717, 1.165) is 28.6 Å². The molecule has 1 aliphatic heterocycles. The van der Waals surface area contributed by atoms with Gasteiger partial charge in [-0.15, -0.1) is 0 Å². The van der Waals surface area contributed by atoms with Gasteiger partial charge in [-0.2, -0.15) is 0 Å². The first-order valence-electron chi connectivity index (χ1n) is 5.56. The SMILES string of the molecule is C[C@H]1CNCCN1C(=O)c1cc(Br)ccc1Br. The molecule has 92 valence electrons. The van der Waals surface area contributed by atoms with E-state index in [4.69, 9.17) is 0 Å². The summed E-state index contributed by atoms with van der Waals surface area (Å²) in [7, 11) is 0. The van der Waals surface area contributed by atoms with Crippen molar-refractivity contribution >= 4 is 37.8 Å². The van der Waals surface area contributed by atoms with E-state index in [2.05, 4.69) is 44.1 Å². The lowest BCUT2D eigenvalue weighted by Gasteiger charge is -2.34. The molecule has 17 heavy (non-hydrogen) atoms. The van der Waals surface area contributed by atoms with Crippen LogP contribution < -0.4 is 5.32 Å². The van der Waals surface area contributed by atoms with E-state index in [1.165, 1.54) is 0 Å². The lowest BCUT2D eigenvalue weighted by atomic mass is 10.1. The van der Waals surface area contributed by atoms with Gasteiger partial charge >= 0.3 is 0 Å². The van der Waals surface area contributed by atoms with Gasteiger partial charge < -0.3 is 10.2 Å². The molecule has 1 amide bonds. The first-order chi connectivity index (χ1) is 8.09. The molecule has 1 aromatic carbocycles. The number of piperazine rings is 1. The number of rotatable bonds is 1. The Kier molecular flexibility index (Phi) is 4.22. The molecule has 3 nitrogen and oxygen atoms in total. The number of carbonyl (C=O) groups is 1. The van der Waals surface area contributed by atoms with Gasteiger partial charge in [-0.1, -0.05) is 15.9 Å². The highest BCUT2D eigenvalue weighted by atomic mass is 79.9. The van der Waals surface area contributed by atoms with Crippen molar-refractivity contribution in [3.05, 3.63) is 32.7 Å². The summed E-state index contributed by atoms with van der Waals surface area (Å²) in [4.78, 5) is 14.4. The van der Waals surface area contributed by atoms with E-state index in [-0.39, 0.29) is 11.9 Å². The summed E-state index contributed by atoms with van der Waals surface area (Å²) in [5, 5.41) is 3.28. The average molecular weight is 362 g/mol. The third kappa shape index (κ3) is 2.89. The van der Waals surface area contributed by atoms with Gasteiger partial charge in [-0.3, -0.25) is 4.79 Å². The first-order valence-corrected chi connectivity index (χ1v) is 7.15. The fraction of sp³-hybridized carbons (Fsp3) is 0.417. The molecule has 0 saturated carbocycles. The molecule has 2 rings (SSSR count). The van der Waals surface area contributed by atoms with Gasteiger partial charge in [0.1, 0.15) is 0 Å². The van der Waals surface area contributed by atoms with Crippen LogP contribution in [0.2, 0.25) is 0 Å². The normalized spacial score (nSPS) is 20.4. The summed E-state index contributed by atoms with van der Waals surface area (Å²) in [6.07, 6.45) is 0. The van der Waals surface area contributed by atoms with Crippen LogP contribution in [-0.2, 0) is 0 Å². The Morgan fingerprint density at radius 1 is 1.47 bits per heavy atom. The fourth-order valence-electron chi connectivity index (χ4n) is 1.96. The maximum atomic E-state index is 12.4. The molecule has 1 aromatic rings. The number of hydrogen-bond acceptors (Lipinski definition) is 2. The van der Waals surface area contributed by atoms with Crippen molar-refractivity contribution in [3.8, 4) is 0 Å². The van der Waals surface area contributed by atoms with E-state index >= 15 is 0 Å². The molecular formula is C12H14Br2N2O. The van der Waals surface area contributed by atoms with Crippen LogP contribution >= 0.6 is 31.9 Å². The molecule has 1 fully saturated rings. The van der Waals surface area contributed by atoms with Crippen molar-refractivity contribution in [3.63, 3.8) is 0 Å². The second-order valence-electron chi connectivity index (χ2n) is 4.18. The summed E-state index contributed by atoms with van der Waals surface area (Å²) in [6, 6.07) is 5.91. The number of nitrogens with one attached hydrogen (secondary N) is 1. The van der Waals surface area contributed by atoms with E-state index in [0.29, 0.717) is 5.56 Å². The minimum atomic E-state index is 0.0900. The molecule has 5 heteroatoms. The molecule has 1 N–H and O–H groups in total. The third-order valence-corrected chi connectivity index (χ3v) is 4.11. The van der Waals surface area contributed by atoms with Gasteiger partial charge in [-0.05, 0) is 41.1 Å². The monoisotopic (exact) mass is 360 g/mol. The molecule has 1 atom stereocenters. The fourth-order valence-corrected chi connectivity index (χ4v) is 2.74. The Labute approximate surface area is 118 Å². The van der Waals surface area contributed by atoms with Crippen LogP contribution in [0.4, 0.5) is 0 Å². The average Bonchev–Trinajstić information content (AvgIpc) is 2.32. The number of amides is 1. The highest BCUT2D eigenvalue weighted by Crippen LogP contribution is 2.23. The lowest BCUT2D eigenvalue weighted by Crippen LogP contribution is -2.52. The van der Waals surface area contributed by atoms with Gasteiger partial charge in [0.2, 0.25) is 0 Å². The van der Waals surface area contributed by atoms with Crippen LogP contribution in [0.15, 0.2) is 27.1 Å². The highest BCUT2D eigenvalue weighted by molar-refractivity contribution is 9.11. The zero-order valence-corrected chi connectivity index (χ0v) is 12.7. The Balaban J connectivity index is 2.26. The second-order valence-corrected chi connectivity index (χ2v) is 5.95. The smallest absolute Gasteiger partial charge is 0.255 e. The van der Waals surface area contributed by atoms with Crippen molar-refractivity contribution in [2.45, 2.75) is 13.0 Å². The van der Waals surface area contributed by atoms with Crippen LogP contribution in [0.25, 0.3) is 0 Å². The quantitative estimate of drug-likeness (QED) is 0.833. The number of nitrogens with zero attached hydrogens (tertiary/aromatic N) is 1. The lowest BCUT2D eigenvalue weighted by molar-refractivity contribution is 0.0655. The number of halogens is 2. The Bertz CT molecular complexity index is 437. The van der Waals surface area contributed by atoms with Gasteiger partial charge in [-0.25, -0.2) is 0 Å². The Hall–Kier alpha value is -0.390. The van der Waals surface area contributed by atoms with E-state index in [1.807, 2.05) is 23.1 Å². The van der Waals surface area contributed by atoms with Crippen molar-refractivity contribution in [2.24, 2.45) is 0 Å². The molecule has 0 aromatic heterocycles. The molecule has 0 radical (unpaired) electrons. The van der Waals surface area contributed by atoms with Crippen LogP contribution in [0.1, 0.15) is 17.3 Å². The molecular weight excluding hydrogens is 348 g/mol. The number of benzene rings is 1. The van der Waals surface area contributed by atoms with E-state index in [1.54, 1.807) is 0 Å². The summed E-state index contributed by atoms with van der Waals surface area (Å²) in [5.41, 5.74) is 0.716. The zero-order valence-electron chi connectivity index (χ0n) is 9.54. The maximum absolute atomic E-state index is 12.4. The molecule has 1 heterocycles. The van der Waals surface area contributed by atoms with E-state index in [9.17, 15) is 4.79 Å². The molecule has 1 saturated heterocycles. The number of carbonyl (C=O) groups excluding carboxylic acids is 1. The van der Waals surface area contributed by atoms with Crippen LogP contribution in [0.5, 0.6) is 0 Å². The molecule has 0 bridgehead atoms. The number of hydrogen-bond donors (Lipinski definition) is 1. The van der Waals surface area contributed by atoms with Crippen molar-refractivity contribution < 1.29 is 4.79 Å². The Morgan fingerprint density at radius 2 is 2.24 bits per heavy atom. The van der Waals surface area contributed by atoms with Gasteiger partial charge in [0.15, 0.2) is 0 Å². The summed E-state index contributed by atoms with van der Waals surface area (Å²) < 4.78 is 1.77. The largest absolute Gasteiger partial charge is 0.333 e. The maximum Gasteiger partial charge on any atom is 0.255 e. The van der Waals surface area contributed by atoms with Gasteiger partial charge in [0, 0.05) is 34.6 Å². The minimum Gasteiger partial charge on any atom is -0.333 e. The molecule has 0 aliphatic carbocycles. The topological polar surface area (TPSA) is 32.3 Å². The van der Waals surface area contributed by atoms with Crippen molar-refractivity contribution in [1.82, 2.24) is 10.2 Å². The van der Waals surface area contributed by atoms with Gasteiger partial charge in [0.25, 0.3) is 5.91 Å². The minimum absolute atomic E-state index is 0.0900. The molecule has 0 unspecified atom stereocenters. The third-order valence-electron chi connectivity index (χ3n) is 2.92. The van der Waals surface area contributed by atoms with E-state index < -0.39 is 0 Å². The van der Waals surface area contributed by atoms with Crippen LogP contribution in [0.3, 0.4) is 0 Å². The standard InChI is InChI=1S/C12H14Br2N2O/c1-8-7-15-4-5-16(8)12(17)10-6-9(13)2-3-11(10)14/h2-3,6,8,15H,4-5,7H2,1H3/t8-/m0/s1. The summed E-state index contributed by atoms with van der Waals surface area (Å²) >= 11 is 6.83. The first kappa shape index (κ1) is 13.1. The van der Waals surface area contributed by atoms with Crippen molar-refractivity contribution in [1.29, 1.82) is 0 Å². The summed E-state index contributed by atoms with van der Waals surface area (Å²) in [5.74, 6) is 0.0900. The Morgan fingerprint density at radius 3 is 2.94 bits per heavy atom. The second kappa shape index (κ2) is 5.50. The predicted octanol–water partition coefficient (Wildman–Crippen LogP) is 2.65. The zero-order chi connectivity index (χ0) is 12.4. The van der Waals surface area contributed by atoms with Gasteiger partial charge in [0.05, 0.1) is 5.56 Å². The highest BCUT2D eigenvalue weighted by Gasteiger charge is 2.25. The summed E-state index contributed by atoms with van der Waals surface area (Å²) in [6.45, 7) is 4.55. The molecule has 0 spiro atoms. The van der Waals surface area contributed by atoms with Crippen LogP contribution in [0, 0.1) is 0 Å². The van der Waals surface area contributed by atoms with Crippen LogP contribution in [-0.4, -0.2) is 36.5 Å². The van der Waals surface area contributed by atoms with Crippen molar-refractivity contribution in [2.75, 3.05) is 19.6 Å². The molecule has 1 aliphatic rings. The predicted molar refractivity (Wildman–Crippen MR) is 75.2 cm³/mol.